The van der Waals surface area contributed by atoms with Gasteiger partial charge in [-0.25, -0.2) is 4.98 Å². The van der Waals surface area contributed by atoms with E-state index in [0.717, 1.165) is 11.1 Å². The monoisotopic (exact) mass is 337 g/mol. The molecule has 0 saturated heterocycles. The van der Waals surface area contributed by atoms with E-state index in [1.54, 1.807) is 12.1 Å². The number of rotatable bonds is 3. The summed E-state index contributed by atoms with van der Waals surface area (Å²) < 4.78 is 5.37. The van der Waals surface area contributed by atoms with Crippen LogP contribution in [0.25, 0.3) is 11.3 Å². The van der Waals surface area contributed by atoms with Gasteiger partial charge in [-0.15, -0.1) is 0 Å². The first kappa shape index (κ1) is 15.8. The fourth-order valence-corrected chi connectivity index (χ4v) is 2.41. The van der Waals surface area contributed by atoms with E-state index in [1.165, 1.54) is 12.5 Å². The van der Waals surface area contributed by atoms with E-state index in [4.69, 9.17) is 21.3 Å². The van der Waals surface area contributed by atoms with Crippen LogP contribution in [-0.2, 0) is 0 Å². The summed E-state index contributed by atoms with van der Waals surface area (Å²) in [5.74, 6) is -0.0210. The van der Waals surface area contributed by atoms with Crippen LogP contribution in [0.3, 0.4) is 0 Å². The van der Waals surface area contributed by atoms with Gasteiger partial charge in [0.05, 0.1) is 10.6 Å². The van der Waals surface area contributed by atoms with Crippen LogP contribution in [0.15, 0.2) is 53.3 Å². The van der Waals surface area contributed by atoms with E-state index in [9.17, 15) is 4.79 Å². The number of amides is 1. The Kier molecular flexibility index (Phi) is 4.32. The maximum atomic E-state index is 12.5. The molecule has 0 aliphatic rings. The Morgan fingerprint density at radius 1 is 1.25 bits per heavy atom. The van der Waals surface area contributed by atoms with Crippen molar-refractivity contribution in [3.8, 4) is 17.4 Å². The zero-order valence-corrected chi connectivity index (χ0v) is 13.5. The third-order valence-electron chi connectivity index (χ3n) is 3.44. The predicted molar refractivity (Wildman–Crippen MR) is 90.8 cm³/mol. The number of nitriles is 1. The number of aryl methyl sites for hydroxylation is 1. The van der Waals surface area contributed by atoms with E-state index < -0.39 is 5.91 Å². The molecule has 0 aliphatic carbocycles. The summed E-state index contributed by atoms with van der Waals surface area (Å²) >= 11 is 5.97. The van der Waals surface area contributed by atoms with Crippen LogP contribution in [0.1, 0.15) is 21.6 Å². The maximum absolute atomic E-state index is 12.5. The first-order valence-corrected chi connectivity index (χ1v) is 7.48. The number of hydrogen-bond acceptors (Lipinski definition) is 4. The third kappa shape index (κ3) is 3.14. The van der Waals surface area contributed by atoms with Crippen LogP contribution in [-0.4, -0.2) is 10.9 Å². The topological polar surface area (TPSA) is 78.9 Å². The van der Waals surface area contributed by atoms with Crippen LogP contribution in [0.5, 0.6) is 0 Å². The van der Waals surface area contributed by atoms with E-state index in [1.807, 2.05) is 37.3 Å². The van der Waals surface area contributed by atoms with Crippen molar-refractivity contribution >= 4 is 23.2 Å². The summed E-state index contributed by atoms with van der Waals surface area (Å²) in [4.78, 5) is 16.5. The molecule has 0 radical (unpaired) electrons. The molecule has 0 saturated carbocycles. The van der Waals surface area contributed by atoms with Gasteiger partial charge in [0.1, 0.15) is 6.07 Å². The highest BCUT2D eigenvalue weighted by molar-refractivity contribution is 6.32. The van der Waals surface area contributed by atoms with E-state index in [0.29, 0.717) is 17.0 Å². The SMILES string of the molecule is Cc1ccc(-c2ocnc2C(=O)Nc2ccc(C#N)c(Cl)c2)cc1. The lowest BCUT2D eigenvalue weighted by Gasteiger charge is -2.06. The van der Waals surface area contributed by atoms with Crippen molar-refractivity contribution in [2.75, 3.05) is 5.32 Å². The first-order valence-electron chi connectivity index (χ1n) is 7.10. The minimum absolute atomic E-state index is 0.180. The van der Waals surface area contributed by atoms with Crippen molar-refractivity contribution < 1.29 is 9.21 Å². The van der Waals surface area contributed by atoms with Gasteiger partial charge in [-0.2, -0.15) is 5.26 Å². The Labute approximate surface area is 143 Å². The summed E-state index contributed by atoms with van der Waals surface area (Å²) in [6.45, 7) is 1.98. The zero-order valence-electron chi connectivity index (χ0n) is 12.7. The molecule has 5 nitrogen and oxygen atoms in total. The highest BCUT2D eigenvalue weighted by Crippen LogP contribution is 2.25. The van der Waals surface area contributed by atoms with Crippen LogP contribution >= 0.6 is 11.6 Å². The minimum atomic E-state index is -0.417. The van der Waals surface area contributed by atoms with Gasteiger partial charge in [-0.1, -0.05) is 41.4 Å². The minimum Gasteiger partial charge on any atom is -0.443 e. The number of benzene rings is 2. The van der Waals surface area contributed by atoms with Crippen molar-refractivity contribution in [1.29, 1.82) is 5.26 Å². The van der Waals surface area contributed by atoms with Crippen LogP contribution in [0.2, 0.25) is 5.02 Å². The second-order valence-corrected chi connectivity index (χ2v) is 5.56. The summed E-state index contributed by atoms with van der Waals surface area (Å²) in [6, 6.07) is 14.2. The average molecular weight is 338 g/mol. The fourth-order valence-electron chi connectivity index (χ4n) is 2.19. The molecule has 0 atom stereocenters. The Balaban J connectivity index is 1.87. The molecular weight excluding hydrogens is 326 g/mol. The van der Waals surface area contributed by atoms with E-state index in [-0.39, 0.29) is 10.7 Å². The molecule has 6 heteroatoms. The van der Waals surface area contributed by atoms with Gasteiger partial charge in [0.2, 0.25) is 0 Å². The van der Waals surface area contributed by atoms with Crippen molar-refractivity contribution in [3.63, 3.8) is 0 Å². The average Bonchev–Trinajstić information content (AvgIpc) is 3.05. The second kappa shape index (κ2) is 6.57. The summed E-state index contributed by atoms with van der Waals surface area (Å²) in [7, 11) is 0. The van der Waals surface area contributed by atoms with Crippen LogP contribution in [0.4, 0.5) is 5.69 Å². The number of halogens is 1. The molecule has 1 amide bonds. The number of aromatic nitrogens is 1. The second-order valence-electron chi connectivity index (χ2n) is 5.16. The lowest BCUT2D eigenvalue weighted by molar-refractivity contribution is 0.102. The fraction of sp³-hybridized carbons (Fsp3) is 0.0556. The molecule has 0 fully saturated rings. The number of nitrogens with zero attached hydrogens (tertiary/aromatic N) is 2. The largest absolute Gasteiger partial charge is 0.443 e. The number of anilines is 1. The Hall–Kier alpha value is -3.10. The lowest BCUT2D eigenvalue weighted by Crippen LogP contribution is -2.13. The summed E-state index contributed by atoms with van der Waals surface area (Å²) in [5.41, 5.74) is 2.87. The van der Waals surface area contributed by atoms with Gasteiger partial charge >= 0.3 is 0 Å². The number of carbonyl (C=O) groups excluding carboxylic acids is 1. The van der Waals surface area contributed by atoms with Gasteiger partial charge in [-0.3, -0.25) is 4.79 Å². The summed E-state index contributed by atoms with van der Waals surface area (Å²) in [5, 5.41) is 11.9. The van der Waals surface area contributed by atoms with Crippen LogP contribution in [0, 0.1) is 18.3 Å². The Bertz CT molecular complexity index is 940. The molecule has 3 rings (SSSR count). The first-order chi connectivity index (χ1) is 11.6. The van der Waals surface area contributed by atoms with Gasteiger partial charge in [-0.05, 0) is 25.1 Å². The summed E-state index contributed by atoms with van der Waals surface area (Å²) in [6.07, 6.45) is 1.23. The number of nitrogens with one attached hydrogen (secondary N) is 1. The van der Waals surface area contributed by atoms with Gasteiger partial charge < -0.3 is 9.73 Å². The smallest absolute Gasteiger partial charge is 0.278 e. The van der Waals surface area contributed by atoms with E-state index in [2.05, 4.69) is 10.3 Å². The predicted octanol–water partition coefficient (Wildman–Crippen LogP) is 4.43. The molecule has 0 spiro atoms. The normalized spacial score (nSPS) is 10.2. The number of oxazole rings is 1. The lowest BCUT2D eigenvalue weighted by atomic mass is 10.1. The van der Waals surface area contributed by atoms with Crippen molar-refractivity contribution in [3.05, 3.63) is 70.7 Å². The molecule has 1 heterocycles. The van der Waals surface area contributed by atoms with Crippen molar-refractivity contribution in [1.82, 2.24) is 4.98 Å². The van der Waals surface area contributed by atoms with Gasteiger partial charge in [0.25, 0.3) is 5.91 Å². The molecule has 0 bridgehead atoms. The maximum Gasteiger partial charge on any atom is 0.278 e. The molecule has 2 aromatic carbocycles. The number of carbonyl (C=O) groups is 1. The standard InChI is InChI=1S/C18H12ClN3O2/c1-11-2-4-12(5-3-11)17-16(21-10-24-17)18(23)22-14-7-6-13(9-20)15(19)8-14/h2-8,10H,1H3,(H,22,23). The van der Waals surface area contributed by atoms with Crippen LogP contribution < -0.4 is 5.32 Å². The van der Waals surface area contributed by atoms with Gasteiger partial charge in [0, 0.05) is 11.3 Å². The molecule has 24 heavy (non-hydrogen) atoms. The molecule has 1 aromatic heterocycles. The molecule has 118 valence electrons. The Morgan fingerprint density at radius 3 is 2.67 bits per heavy atom. The zero-order chi connectivity index (χ0) is 17.1. The number of hydrogen-bond donors (Lipinski definition) is 1. The molecule has 1 N–H and O–H groups in total. The van der Waals surface area contributed by atoms with Crippen molar-refractivity contribution in [2.45, 2.75) is 6.92 Å². The quantitative estimate of drug-likeness (QED) is 0.766. The highest BCUT2D eigenvalue weighted by Gasteiger charge is 2.18. The van der Waals surface area contributed by atoms with Gasteiger partial charge in [0.15, 0.2) is 17.8 Å². The molecule has 0 aliphatic heterocycles. The molecular formula is C18H12ClN3O2. The molecule has 3 aromatic rings. The third-order valence-corrected chi connectivity index (χ3v) is 3.76. The van der Waals surface area contributed by atoms with Crippen molar-refractivity contribution in [2.24, 2.45) is 0 Å². The molecule has 0 unspecified atom stereocenters. The van der Waals surface area contributed by atoms with E-state index >= 15 is 0 Å². The highest BCUT2D eigenvalue weighted by atomic mass is 35.5. The Morgan fingerprint density at radius 2 is 2.00 bits per heavy atom.